The second-order valence-corrected chi connectivity index (χ2v) is 8.35. The van der Waals surface area contributed by atoms with E-state index >= 15 is 0 Å². The van der Waals surface area contributed by atoms with E-state index in [1.54, 1.807) is 38.1 Å². The van der Waals surface area contributed by atoms with Gasteiger partial charge in [-0.05, 0) is 35.7 Å². The summed E-state index contributed by atoms with van der Waals surface area (Å²) in [5.74, 6) is -1.81. The minimum atomic E-state index is -0.944. The Kier molecular flexibility index (Phi) is 6.46. The maximum Gasteiger partial charge on any atom is 0.413 e. The second-order valence-electron chi connectivity index (χ2n) is 8.35. The lowest BCUT2D eigenvalue weighted by Gasteiger charge is -2.20. The van der Waals surface area contributed by atoms with E-state index in [9.17, 15) is 24.2 Å². The van der Waals surface area contributed by atoms with E-state index < -0.39 is 18.1 Å². The molecule has 10 heteroatoms. The Hall–Kier alpha value is -4.34. The maximum absolute atomic E-state index is 13.3. The number of nitrogens with zero attached hydrogens (tertiary/aromatic N) is 2. The number of amides is 1. The number of carbonyl (C=O) groups excluding carboxylic acids is 2. The van der Waals surface area contributed by atoms with Gasteiger partial charge >= 0.3 is 12.1 Å². The van der Waals surface area contributed by atoms with E-state index in [0.29, 0.717) is 10.9 Å². The zero-order chi connectivity index (χ0) is 25.3. The molecule has 1 atom stereocenters. The van der Waals surface area contributed by atoms with Gasteiger partial charge in [0.25, 0.3) is 0 Å². The van der Waals surface area contributed by atoms with Crippen molar-refractivity contribution in [1.82, 2.24) is 14.9 Å². The molecule has 1 amide bonds. The summed E-state index contributed by atoms with van der Waals surface area (Å²) in [5, 5.41) is 24.9. The van der Waals surface area contributed by atoms with Gasteiger partial charge in [0.15, 0.2) is 11.5 Å². The number of aromatic hydroxyl groups is 2. The number of ether oxygens (including phenoxy) is 2. The summed E-state index contributed by atoms with van der Waals surface area (Å²) >= 11 is 0. The van der Waals surface area contributed by atoms with Crippen LogP contribution in [-0.4, -0.2) is 45.0 Å². The van der Waals surface area contributed by atoms with Crippen LogP contribution in [0.5, 0.6) is 17.4 Å². The first kappa shape index (κ1) is 23.8. The molecule has 0 aliphatic carbocycles. The molecule has 2 aromatic heterocycles. The Morgan fingerprint density at radius 3 is 2.51 bits per heavy atom. The molecule has 0 fully saturated rings. The number of esters is 1. The molecule has 0 radical (unpaired) electrons. The summed E-state index contributed by atoms with van der Waals surface area (Å²) in [4.78, 5) is 29.0. The average Bonchev–Trinajstić information content (AvgIpc) is 3.17. The Bertz CT molecular complexity index is 1410. The van der Waals surface area contributed by atoms with Crippen LogP contribution in [0.15, 0.2) is 48.8 Å². The zero-order valence-corrected chi connectivity index (χ0v) is 19.3. The fraction of sp³-hybridized carbons (Fsp3) is 0.240. The fourth-order valence-corrected chi connectivity index (χ4v) is 3.88. The van der Waals surface area contributed by atoms with Crippen LogP contribution in [0.2, 0.25) is 0 Å². The minimum absolute atomic E-state index is 0.0366. The number of carbonyl (C=O) groups is 2. The van der Waals surface area contributed by atoms with Crippen molar-refractivity contribution in [2.75, 3.05) is 7.11 Å². The number of phenols is 1. The minimum Gasteiger partial charge on any atom is -0.505 e. The molecule has 0 saturated heterocycles. The van der Waals surface area contributed by atoms with Crippen molar-refractivity contribution in [1.29, 1.82) is 0 Å². The van der Waals surface area contributed by atoms with Crippen LogP contribution >= 0.6 is 0 Å². The summed E-state index contributed by atoms with van der Waals surface area (Å²) in [6.45, 7) is 3.65. The van der Waals surface area contributed by atoms with Crippen LogP contribution in [0, 0.1) is 11.7 Å². The van der Waals surface area contributed by atoms with Crippen LogP contribution in [0.25, 0.3) is 21.7 Å². The highest BCUT2D eigenvalue weighted by atomic mass is 19.1. The lowest BCUT2D eigenvalue weighted by Crippen LogP contribution is -2.46. The number of aromatic nitrogens is 2. The SMILES string of the molecule is COC(=O)C(NC(=O)Oc1c2cccnc2c(O)c2c(O)n(Cc3ccc(F)cc3)cc12)C(C)C. The predicted molar refractivity (Wildman–Crippen MR) is 126 cm³/mol. The molecule has 4 rings (SSSR count). The van der Waals surface area contributed by atoms with E-state index in [1.165, 1.54) is 36.2 Å². The van der Waals surface area contributed by atoms with Crippen LogP contribution in [0.3, 0.4) is 0 Å². The first-order chi connectivity index (χ1) is 16.7. The van der Waals surface area contributed by atoms with Gasteiger partial charge in [0.1, 0.15) is 17.4 Å². The molecule has 35 heavy (non-hydrogen) atoms. The molecule has 9 nitrogen and oxygen atoms in total. The number of hydrogen-bond donors (Lipinski definition) is 3. The van der Waals surface area contributed by atoms with Gasteiger partial charge < -0.3 is 29.6 Å². The molecule has 4 aromatic rings. The maximum atomic E-state index is 13.3. The van der Waals surface area contributed by atoms with Gasteiger partial charge in [-0.25, -0.2) is 14.0 Å². The summed E-state index contributed by atoms with van der Waals surface area (Å²) < 4.78 is 25.1. The van der Waals surface area contributed by atoms with Crippen LogP contribution in [0.4, 0.5) is 9.18 Å². The van der Waals surface area contributed by atoms with Gasteiger partial charge in [-0.1, -0.05) is 26.0 Å². The van der Waals surface area contributed by atoms with E-state index in [1.807, 2.05) is 0 Å². The quantitative estimate of drug-likeness (QED) is 0.355. The van der Waals surface area contributed by atoms with Crippen LogP contribution in [0.1, 0.15) is 19.4 Å². The van der Waals surface area contributed by atoms with E-state index in [2.05, 4.69) is 10.3 Å². The standard InChI is InChI=1S/C25H24FN3O6/c1-13(2)19(24(32)34-3)28-25(33)35-22-16-5-4-10-27-20(16)21(30)18-17(22)12-29(23(18)31)11-14-6-8-15(26)9-7-14/h4-10,12-13,19,30-31H,11H2,1-3H3,(H,28,33). The molecule has 182 valence electrons. The van der Waals surface area contributed by atoms with Gasteiger partial charge in [-0.2, -0.15) is 0 Å². The number of pyridine rings is 1. The smallest absolute Gasteiger partial charge is 0.413 e. The summed E-state index contributed by atoms with van der Waals surface area (Å²) in [7, 11) is 1.22. The van der Waals surface area contributed by atoms with Gasteiger partial charge in [-0.3, -0.25) is 4.98 Å². The largest absolute Gasteiger partial charge is 0.505 e. The van der Waals surface area contributed by atoms with Gasteiger partial charge in [-0.15, -0.1) is 0 Å². The molecule has 2 heterocycles. The molecule has 3 N–H and O–H groups in total. The highest BCUT2D eigenvalue weighted by molar-refractivity contribution is 6.12. The lowest BCUT2D eigenvalue weighted by atomic mass is 10.1. The van der Waals surface area contributed by atoms with E-state index in [-0.39, 0.29) is 51.9 Å². The third-order valence-electron chi connectivity index (χ3n) is 5.66. The van der Waals surface area contributed by atoms with E-state index in [4.69, 9.17) is 9.47 Å². The van der Waals surface area contributed by atoms with Crippen molar-refractivity contribution in [2.45, 2.75) is 26.4 Å². The number of fused-ring (bicyclic) bond motifs is 2. The van der Waals surface area contributed by atoms with Crippen LogP contribution in [-0.2, 0) is 16.1 Å². The number of rotatable bonds is 6. The third-order valence-corrected chi connectivity index (χ3v) is 5.66. The average molecular weight is 481 g/mol. The Morgan fingerprint density at radius 2 is 1.86 bits per heavy atom. The normalized spacial score (nSPS) is 12.1. The van der Waals surface area contributed by atoms with Crippen molar-refractivity contribution in [3.8, 4) is 17.4 Å². The van der Waals surface area contributed by atoms with Crippen molar-refractivity contribution < 1.29 is 33.7 Å². The summed E-state index contributed by atoms with van der Waals surface area (Å²) in [6, 6.07) is 8.02. The number of phenolic OH excluding ortho intramolecular Hbond substituents is 1. The van der Waals surface area contributed by atoms with Gasteiger partial charge in [0.2, 0.25) is 5.88 Å². The monoisotopic (exact) mass is 481 g/mol. The molecular weight excluding hydrogens is 457 g/mol. The summed E-state index contributed by atoms with van der Waals surface area (Å²) in [6.07, 6.45) is 2.05. The van der Waals surface area contributed by atoms with E-state index in [0.717, 1.165) is 0 Å². The zero-order valence-electron chi connectivity index (χ0n) is 19.3. The Morgan fingerprint density at radius 1 is 1.14 bits per heavy atom. The van der Waals surface area contributed by atoms with Gasteiger partial charge in [0.05, 0.1) is 24.4 Å². The molecule has 1 unspecified atom stereocenters. The number of benzene rings is 2. The topological polar surface area (TPSA) is 123 Å². The molecule has 2 aromatic carbocycles. The van der Waals surface area contributed by atoms with Crippen molar-refractivity contribution in [3.05, 3.63) is 60.2 Å². The number of hydrogen-bond acceptors (Lipinski definition) is 7. The Balaban J connectivity index is 1.80. The first-order valence-electron chi connectivity index (χ1n) is 10.8. The van der Waals surface area contributed by atoms with Gasteiger partial charge in [0, 0.05) is 17.8 Å². The third kappa shape index (κ3) is 4.54. The van der Waals surface area contributed by atoms with Crippen molar-refractivity contribution in [2.24, 2.45) is 5.92 Å². The number of methoxy groups -OCH3 is 1. The number of halogens is 1. The predicted octanol–water partition coefficient (Wildman–Crippen LogP) is 4.07. The molecule has 0 bridgehead atoms. The van der Waals surface area contributed by atoms with Crippen molar-refractivity contribution >= 4 is 33.7 Å². The molecule has 0 aliphatic heterocycles. The first-order valence-corrected chi connectivity index (χ1v) is 10.8. The second kappa shape index (κ2) is 9.49. The van der Waals surface area contributed by atoms with Crippen molar-refractivity contribution in [3.63, 3.8) is 0 Å². The highest BCUT2D eigenvalue weighted by Crippen LogP contribution is 2.46. The molecular formula is C25H24FN3O6. The Labute approximate surface area is 199 Å². The lowest BCUT2D eigenvalue weighted by molar-refractivity contribution is -0.144. The number of nitrogens with one attached hydrogen (secondary N) is 1. The molecule has 0 spiro atoms. The highest BCUT2D eigenvalue weighted by Gasteiger charge is 2.28. The van der Waals surface area contributed by atoms with Crippen LogP contribution < -0.4 is 10.1 Å². The fourth-order valence-electron chi connectivity index (χ4n) is 3.88. The summed E-state index contributed by atoms with van der Waals surface area (Å²) in [5.41, 5.74) is 0.813. The molecule has 0 saturated carbocycles. The molecule has 0 aliphatic rings.